The molecule has 0 aliphatic heterocycles. The first-order valence-electron chi connectivity index (χ1n) is 7.86. The summed E-state index contributed by atoms with van der Waals surface area (Å²) in [4.78, 5) is 0. The molecule has 0 bridgehead atoms. The fourth-order valence-corrected chi connectivity index (χ4v) is 2.44. The highest BCUT2D eigenvalue weighted by atomic mass is 14.1. The lowest BCUT2D eigenvalue weighted by Gasteiger charge is -2.11. The third kappa shape index (κ3) is 5.97. The first-order chi connectivity index (χ1) is 9.31. The topological polar surface area (TPSA) is 0 Å². The smallest absolute Gasteiger partial charge is 0.0449 e. The van der Waals surface area contributed by atoms with Crippen LogP contribution >= 0.6 is 0 Å². The molecular formula is C19H28. The second kappa shape index (κ2) is 9.68. The van der Waals surface area contributed by atoms with E-state index in [-0.39, 0.29) is 0 Å². The zero-order valence-electron chi connectivity index (χ0n) is 12.6. The molecule has 0 saturated carbocycles. The van der Waals surface area contributed by atoms with Gasteiger partial charge in [0.1, 0.15) is 0 Å². The van der Waals surface area contributed by atoms with Crippen LogP contribution in [0.2, 0.25) is 0 Å². The standard InChI is InChI=1S/C19H28/c1-4-7-9-11-17-13-15-19(16-14-17)18(6-3)12-10-8-5-2/h3,13-16,18H,4-5,7-12H2,1-2H3. The number of benzene rings is 1. The minimum atomic E-state index is 0.302. The molecule has 0 heteroatoms. The van der Waals surface area contributed by atoms with Gasteiger partial charge in [0, 0.05) is 5.92 Å². The van der Waals surface area contributed by atoms with Gasteiger partial charge >= 0.3 is 0 Å². The van der Waals surface area contributed by atoms with Crippen molar-refractivity contribution in [2.45, 2.75) is 71.1 Å². The molecule has 1 aromatic carbocycles. The van der Waals surface area contributed by atoms with Gasteiger partial charge in [0.25, 0.3) is 0 Å². The molecule has 104 valence electrons. The van der Waals surface area contributed by atoms with Crippen molar-refractivity contribution in [1.82, 2.24) is 0 Å². The van der Waals surface area contributed by atoms with Crippen LogP contribution < -0.4 is 0 Å². The van der Waals surface area contributed by atoms with Crippen molar-refractivity contribution < 1.29 is 0 Å². The van der Waals surface area contributed by atoms with Crippen LogP contribution in [0.3, 0.4) is 0 Å². The number of aryl methyl sites for hydroxylation is 1. The number of hydrogen-bond donors (Lipinski definition) is 0. The van der Waals surface area contributed by atoms with E-state index in [0.29, 0.717) is 5.92 Å². The Morgan fingerprint density at radius 1 is 0.947 bits per heavy atom. The number of unbranched alkanes of at least 4 members (excludes halogenated alkanes) is 4. The summed E-state index contributed by atoms with van der Waals surface area (Å²) in [6.45, 7) is 4.48. The molecule has 0 radical (unpaired) electrons. The van der Waals surface area contributed by atoms with Crippen LogP contribution in [0, 0.1) is 12.3 Å². The summed E-state index contributed by atoms with van der Waals surface area (Å²) in [6, 6.07) is 8.99. The monoisotopic (exact) mass is 256 g/mol. The maximum Gasteiger partial charge on any atom is 0.0449 e. The SMILES string of the molecule is C#CC(CCCCC)c1ccc(CCCCC)cc1. The van der Waals surface area contributed by atoms with Crippen molar-refractivity contribution in [3.63, 3.8) is 0 Å². The van der Waals surface area contributed by atoms with Crippen LogP contribution in [0.4, 0.5) is 0 Å². The highest BCUT2D eigenvalue weighted by Gasteiger charge is 2.07. The first-order valence-corrected chi connectivity index (χ1v) is 7.86. The lowest BCUT2D eigenvalue weighted by molar-refractivity contribution is 0.637. The highest BCUT2D eigenvalue weighted by molar-refractivity contribution is 5.30. The molecule has 0 aromatic heterocycles. The van der Waals surface area contributed by atoms with E-state index in [9.17, 15) is 0 Å². The largest absolute Gasteiger partial charge is 0.119 e. The average Bonchev–Trinajstić information content (AvgIpc) is 2.45. The summed E-state index contributed by atoms with van der Waals surface area (Å²) in [5.74, 6) is 3.25. The van der Waals surface area contributed by atoms with Crippen LogP contribution in [0.5, 0.6) is 0 Å². The summed E-state index contributed by atoms with van der Waals surface area (Å²) in [5, 5.41) is 0. The van der Waals surface area contributed by atoms with E-state index < -0.39 is 0 Å². The molecule has 0 amide bonds. The van der Waals surface area contributed by atoms with E-state index in [4.69, 9.17) is 6.42 Å². The molecule has 1 aromatic rings. The summed E-state index contributed by atoms with van der Waals surface area (Å²) in [6.07, 6.45) is 15.7. The molecule has 0 spiro atoms. The van der Waals surface area contributed by atoms with Gasteiger partial charge in [-0.3, -0.25) is 0 Å². The van der Waals surface area contributed by atoms with Gasteiger partial charge < -0.3 is 0 Å². The van der Waals surface area contributed by atoms with Crippen molar-refractivity contribution in [2.24, 2.45) is 0 Å². The molecule has 0 aliphatic rings. The van der Waals surface area contributed by atoms with E-state index in [1.807, 2.05) is 0 Å². The molecule has 0 N–H and O–H groups in total. The molecule has 0 fully saturated rings. The van der Waals surface area contributed by atoms with Gasteiger partial charge in [0.2, 0.25) is 0 Å². The molecule has 1 atom stereocenters. The van der Waals surface area contributed by atoms with Gasteiger partial charge in [-0.2, -0.15) is 0 Å². The van der Waals surface area contributed by atoms with Crippen molar-refractivity contribution >= 4 is 0 Å². The maximum atomic E-state index is 5.67. The quantitative estimate of drug-likeness (QED) is 0.392. The number of terminal acetylenes is 1. The Morgan fingerprint density at radius 2 is 1.58 bits per heavy atom. The third-order valence-electron chi connectivity index (χ3n) is 3.75. The Morgan fingerprint density at radius 3 is 2.16 bits per heavy atom. The van der Waals surface area contributed by atoms with Crippen molar-refractivity contribution in [3.05, 3.63) is 35.4 Å². The highest BCUT2D eigenvalue weighted by Crippen LogP contribution is 2.22. The molecule has 0 nitrogen and oxygen atoms in total. The second-order valence-electron chi connectivity index (χ2n) is 5.41. The van der Waals surface area contributed by atoms with Crippen molar-refractivity contribution in [3.8, 4) is 12.3 Å². The Balaban J connectivity index is 2.51. The number of hydrogen-bond acceptors (Lipinski definition) is 0. The Bertz CT molecular complexity index is 366. The third-order valence-corrected chi connectivity index (χ3v) is 3.75. The minimum Gasteiger partial charge on any atom is -0.119 e. The van der Waals surface area contributed by atoms with Gasteiger partial charge in [0.05, 0.1) is 0 Å². The first kappa shape index (κ1) is 15.8. The van der Waals surface area contributed by atoms with Gasteiger partial charge in [-0.05, 0) is 30.4 Å². The van der Waals surface area contributed by atoms with Crippen molar-refractivity contribution in [2.75, 3.05) is 0 Å². The lowest BCUT2D eigenvalue weighted by Crippen LogP contribution is -1.96. The minimum absolute atomic E-state index is 0.302. The van der Waals surface area contributed by atoms with Gasteiger partial charge in [0.15, 0.2) is 0 Å². The van der Waals surface area contributed by atoms with E-state index in [0.717, 1.165) is 6.42 Å². The summed E-state index contributed by atoms with van der Waals surface area (Å²) < 4.78 is 0. The predicted octanol–water partition coefficient (Wildman–Crippen LogP) is 5.72. The molecular weight excluding hydrogens is 228 g/mol. The normalized spacial score (nSPS) is 12.1. The van der Waals surface area contributed by atoms with Crippen LogP contribution in [0.1, 0.15) is 75.8 Å². The van der Waals surface area contributed by atoms with Crippen LogP contribution in [-0.2, 0) is 6.42 Å². The molecule has 0 aliphatic carbocycles. The fourth-order valence-electron chi connectivity index (χ4n) is 2.44. The van der Waals surface area contributed by atoms with E-state index in [1.54, 1.807) is 0 Å². The predicted molar refractivity (Wildman–Crippen MR) is 85.4 cm³/mol. The molecule has 19 heavy (non-hydrogen) atoms. The molecule has 0 heterocycles. The summed E-state index contributed by atoms with van der Waals surface area (Å²) in [5.41, 5.74) is 2.76. The zero-order chi connectivity index (χ0) is 13.9. The van der Waals surface area contributed by atoms with Gasteiger partial charge in [-0.1, -0.05) is 76.1 Å². The zero-order valence-corrected chi connectivity index (χ0v) is 12.6. The second-order valence-corrected chi connectivity index (χ2v) is 5.41. The molecule has 0 saturated heterocycles. The lowest BCUT2D eigenvalue weighted by atomic mass is 9.93. The van der Waals surface area contributed by atoms with E-state index in [2.05, 4.69) is 44.0 Å². The van der Waals surface area contributed by atoms with E-state index >= 15 is 0 Å². The Hall–Kier alpha value is -1.22. The van der Waals surface area contributed by atoms with Crippen LogP contribution in [0.25, 0.3) is 0 Å². The summed E-state index contributed by atoms with van der Waals surface area (Å²) in [7, 11) is 0. The number of rotatable bonds is 9. The average molecular weight is 256 g/mol. The van der Waals surface area contributed by atoms with Gasteiger partial charge in [-0.25, -0.2) is 0 Å². The van der Waals surface area contributed by atoms with Gasteiger partial charge in [-0.15, -0.1) is 6.42 Å². The van der Waals surface area contributed by atoms with E-state index in [1.165, 1.54) is 56.1 Å². The Labute approximate surface area is 119 Å². The Kier molecular flexibility index (Phi) is 8.07. The molecule has 1 unspecified atom stereocenters. The summed E-state index contributed by atoms with van der Waals surface area (Å²) >= 11 is 0. The van der Waals surface area contributed by atoms with Crippen LogP contribution in [0.15, 0.2) is 24.3 Å². The molecule has 1 rings (SSSR count). The maximum absolute atomic E-state index is 5.67. The van der Waals surface area contributed by atoms with Crippen LogP contribution in [-0.4, -0.2) is 0 Å². The van der Waals surface area contributed by atoms with Crippen molar-refractivity contribution in [1.29, 1.82) is 0 Å². The fraction of sp³-hybridized carbons (Fsp3) is 0.579.